The molecule has 2 atom stereocenters. The minimum absolute atomic E-state index is 0.0248. The van der Waals surface area contributed by atoms with Gasteiger partial charge in [0.2, 0.25) is 11.8 Å². The molecule has 0 bridgehead atoms. The third-order valence-electron chi connectivity index (χ3n) is 5.06. The molecule has 2 aliphatic rings. The minimum Gasteiger partial charge on any atom is -0.342 e. The monoisotopic (exact) mass is 416 g/mol. The van der Waals surface area contributed by atoms with Gasteiger partial charge in [-0.15, -0.1) is 0 Å². The number of carbonyl (C=O) groups excluding carboxylic acids is 2. The number of amides is 2. The Bertz CT molecular complexity index is 861. The van der Waals surface area contributed by atoms with Crippen molar-refractivity contribution >= 4 is 38.9 Å². The molecule has 0 spiro atoms. The van der Waals surface area contributed by atoms with Gasteiger partial charge in [0, 0.05) is 38.0 Å². The average Bonchev–Trinajstić information content (AvgIpc) is 2.97. The number of hydrogen-bond acceptors (Lipinski definition) is 4. The standard InChI is InChI=1S/C18H22ClFN2O4S/c1-27(25,26)11-12-3-2-6-21(9-12)18(24)13-7-17(23)22(10-13)14-4-5-15(19)16(20)8-14/h4-5,8,12-13H,2-3,6-7,9-11H2,1H3. The van der Waals surface area contributed by atoms with Gasteiger partial charge in [0.1, 0.15) is 15.7 Å². The van der Waals surface area contributed by atoms with Crippen LogP contribution in [0.1, 0.15) is 19.3 Å². The van der Waals surface area contributed by atoms with E-state index in [1.807, 2.05) is 0 Å². The zero-order valence-corrected chi connectivity index (χ0v) is 16.6. The molecule has 2 fully saturated rings. The normalized spacial score (nSPS) is 23.7. The van der Waals surface area contributed by atoms with Gasteiger partial charge in [-0.05, 0) is 37.0 Å². The van der Waals surface area contributed by atoms with Crippen molar-refractivity contribution in [1.29, 1.82) is 0 Å². The molecule has 6 nitrogen and oxygen atoms in total. The number of halogens is 2. The SMILES string of the molecule is CS(=O)(=O)CC1CCCN(C(=O)C2CC(=O)N(c3ccc(Cl)c(F)c3)C2)C1. The lowest BCUT2D eigenvalue weighted by Gasteiger charge is -2.34. The number of benzene rings is 1. The Balaban J connectivity index is 1.67. The van der Waals surface area contributed by atoms with E-state index >= 15 is 0 Å². The second-order valence-corrected chi connectivity index (χ2v) is 9.98. The van der Waals surface area contributed by atoms with Gasteiger partial charge in [-0.3, -0.25) is 9.59 Å². The highest BCUT2D eigenvalue weighted by atomic mass is 35.5. The van der Waals surface area contributed by atoms with Gasteiger partial charge in [0.15, 0.2) is 0 Å². The number of sulfone groups is 1. The maximum atomic E-state index is 13.7. The Morgan fingerprint density at radius 1 is 1.33 bits per heavy atom. The highest BCUT2D eigenvalue weighted by molar-refractivity contribution is 7.90. The minimum atomic E-state index is -3.10. The number of likely N-dealkylation sites (tertiary alicyclic amines) is 1. The van der Waals surface area contributed by atoms with Gasteiger partial charge < -0.3 is 9.80 Å². The summed E-state index contributed by atoms with van der Waals surface area (Å²) in [5.74, 6) is -1.50. The van der Waals surface area contributed by atoms with Crippen molar-refractivity contribution < 1.29 is 22.4 Å². The Labute approximate surface area is 163 Å². The van der Waals surface area contributed by atoms with Gasteiger partial charge in [0.05, 0.1) is 16.7 Å². The van der Waals surface area contributed by atoms with Crippen LogP contribution < -0.4 is 4.90 Å². The van der Waals surface area contributed by atoms with E-state index in [2.05, 4.69) is 0 Å². The van der Waals surface area contributed by atoms with Crippen molar-refractivity contribution in [2.24, 2.45) is 11.8 Å². The van der Waals surface area contributed by atoms with Crippen LogP contribution in [0.3, 0.4) is 0 Å². The average molecular weight is 417 g/mol. The van der Waals surface area contributed by atoms with Crippen LogP contribution in [0.4, 0.5) is 10.1 Å². The predicted molar refractivity (Wildman–Crippen MR) is 101 cm³/mol. The van der Waals surface area contributed by atoms with E-state index in [9.17, 15) is 22.4 Å². The lowest BCUT2D eigenvalue weighted by Crippen LogP contribution is -2.45. The molecule has 2 amide bonds. The van der Waals surface area contributed by atoms with E-state index in [-0.39, 0.29) is 41.5 Å². The molecule has 0 N–H and O–H groups in total. The summed E-state index contributed by atoms with van der Waals surface area (Å²) in [4.78, 5) is 28.3. The van der Waals surface area contributed by atoms with Crippen molar-refractivity contribution in [2.75, 3.05) is 36.5 Å². The van der Waals surface area contributed by atoms with Crippen LogP contribution in [0, 0.1) is 17.7 Å². The molecule has 148 valence electrons. The van der Waals surface area contributed by atoms with Crippen molar-refractivity contribution in [3.05, 3.63) is 29.0 Å². The van der Waals surface area contributed by atoms with E-state index < -0.39 is 21.6 Å². The van der Waals surface area contributed by atoms with E-state index in [1.165, 1.54) is 23.3 Å². The zero-order valence-electron chi connectivity index (χ0n) is 15.0. The lowest BCUT2D eigenvalue weighted by atomic mass is 9.98. The first-order chi connectivity index (χ1) is 12.6. The summed E-state index contributed by atoms with van der Waals surface area (Å²) in [7, 11) is -3.10. The first-order valence-electron chi connectivity index (χ1n) is 8.86. The lowest BCUT2D eigenvalue weighted by molar-refractivity contribution is -0.137. The molecule has 0 saturated carbocycles. The second kappa shape index (κ2) is 7.75. The smallest absolute Gasteiger partial charge is 0.228 e. The zero-order chi connectivity index (χ0) is 19.8. The molecule has 1 aromatic rings. The van der Waals surface area contributed by atoms with E-state index in [0.717, 1.165) is 12.8 Å². The largest absolute Gasteiger partial charge is 0.342 e. The van der Waals surface area contributed by atoms with Gasteiger partial charge in [0.25, 0.3) is 0 Å². The Morgan fingerprint density at radius 2 is 2.07 bits per heavy atom. The molecule has 2 heterocycles. The summed E-state index contributed by atoms with van der Waals surface area (Å²) < 4.78 is 36.8. The summed E-state index contributed by atoms with van der Waals surface area (Å²) in [5, 5.41) is -0.0248. The molecule has 2 unspecified atom stereocenters. The molecule has 9 heteroatoms. The van der Waals surface area contributed by atoms with Gasteiger partial charge in [-0.25, -0.2) is 12.8 Å². The Kier molecular flexibility index (Phi) is 5.76. The number of piperidine rings is 1. The van der Waals surface area contributed by atoms with Crippen LogP contribution in [0.25, 0.3) is 0 Å². The molecule has 1 aromatic carbocycles. The topological polar surface area (TPSA) is 74.8 Å². The fourth-order valence-corrected chi connectivity index (χ4v) is 5.11. The van der Waals surface area contributed by atoms with E-state index in [0.29, 0.717) is 18.8 Å². The number of nitrogens with zero attached hydrogens (tertiary/aromatic N) is 2. The molecule has 2 saturated heterocycles. The van der Waals surface area contributed by atoms with Crippen molar-refractivity contribution in [3.8, 4) is 0 Å². The van der Waals surface area contributed by atoms with Crippen LogP contribution >= 0.6 is 11.6 Å². The molecule has 0 aromatic heterocycles. The fourth-order valence-electron chi connectivity index (χ4n) is 3.86. The molecule has 0 aliphatic carbocycles. The van der Waals surface area contributed by atoms with E-state index in [4.69, 9.17) is 11.6 Å². The molecule has 2 aliphatic heterocycles. The van der Waals surface area contributed by atoms with Crippen LogP contribution in [0.2, 0.25) is 5.02 Å². The van der Waals surface area contributed by atoms with Gasteiger partial charge in [-0.2, -0.15) is 0 Å². The third kappa shape index (κ3) is 4.79. The quantitative estimate of drug-likeness (QED) is 0.753. The summed E-state index contributed by atoms with van der Waals surface area (Å²) in [5.41, 5.74) is 0.380. The van der Waals surface area contributed by atoms with Crippen molar-refractivity contribution in [2.45, 2.75) is 19.3 Å². The number of hydrogen-bond donors (Lipinski definition) is 0. The molecular formula is C18H22ClFN2O4S. The highest BCUT2D eigenvalue weighted by Crippen LogP contribution is 2.30. The number of anilines is 1. The maximum absolute atomic E-state index is 13.7. The number of rotatable bonds is 4. The summed E-state index contributed by atoms with van der Waals surface area (Å²) >= 11 is 5.68. The first-order valence-corrected chi connectivity index (χ1v) is 11.3. The maximum Gasteiger partial charge on any atom is 0.228 e. The molecule has 27 heavy (non-hydrogen) atoms. The van der Waals surface area contributed by atoms with Crippen LogP contribution in [0.5, 0.6) is 0 Å². The van der Waals surface area contributed by atoms with Crippen LogP contribution in [0.15, 0.2) is 18.2 Å². The summed E-state index contributed by atoms with van der Waals surface area (Å²) in [6.45, 7) is 1.15. The Hall–Kier alpha value is -1.67. The summed E-state index contributed by atoms with van der Waals surface area (Å²) in [6.07, 6.45) is 2.79. The highest BCUT2D eigenvalue weighted by Gasteiger charge is 2.38. The van der Waals surface area contributed by atoms with Crippen LogP contribution in [-0.4, -0.2) is 56.8 Å². The first kappa shape index (κ1) is 20.1. The number of carbonyl (C=O) groups is 2. The van der Waals surface area contributed by atoms with Gasteiger partial charge >= 0.3 is 0 Å². The third-order valence-corrected chi connectivity index (χ3v) is 6.44. The Morgan fingerprint density at radius 3 is 2.74 bits per heavy atom. The summed E-state index contributed by atoms with van der Waals surface area (Å²) in [6, 6.07) is 4.13. The van der Waals surface area contributed by atoms with Crippen LogP contribution in [-0.2, 0) is 19.4 Å². The second-order valence-electron chi connectivity index (χ2n) is 7.39. The molecule has 3 rings (SSSR count). The molecule has 0 radical (unpaired) electrons. The van der Waals surface area contributed by atoms with Gasteiger partial charge in [-0.1, -0.05) is 11.6 Å². The fraction of sp³-hybridized carbons (Fsp3) is 0.556. The van der Waals surface area contributed by atoms with Crippen molar-refractivity contribution in [1.82, 2.24) is 4.90 Å². The molecular weight excluding hydrogens is 395 g/mol. The van der Waals surface area contributed by atoms with Crippen molar-refractivity contribution in [3.63, 3.8) is 0 Å². The predicted octanol–water partition coefficient (Wildman–Crippen LogP) is 2.12. The van der Waals surface area contributed by atoms with E-state index in [1.54, 1.807) is 11.0 Å².